The number of hydrogen-bond acceptors (Lipinski definition) is 3. The van der Waals surface area contributed by atoms with Crippen molar-refractivity contribution in [2.75, 3.05) is 33.2 Å². The first-order valence-electron chi connectivity index (χ1n) is 7.77. The van der Waals surface area contributed by atoms with Gasteiger partial charge in [0, 0.05) is 26.2 Å². The number of carbonyl (C=O) groups is 2. The molecule has 0 unspecified atom stereocenters. The molecule has 1 aliphatic rings. The van der Waals surface area contributed by atoms with Crippen molar-refractivity contribution in [3.8, 4) is 0 Å². The summed E-state index contributed by atoms with van der Waals surface area (Å²) < 4.78 is 0. The van der Waals surface area contributed by atoms with E-state index in [0.29, 0.717) is 19.0 Å². The highest BCUT2D eigenvalue weighted by atomic mass is 16.2. The van der Waals surface area contributed by atoms with Crippen molar-refractivity contribution in [1.82, 2.24) is 20.4 Å². The molecular weight excluding hydrogens is 282 g/mol. The number of nitrogens with zero attached hydrogens (tertiary/aromatic N) is 3. The lowest BCUT2D eigenvalue weighted by molar-refractivity contribution is -0.145. The van der Waals surface area contributed by atoms with Crippen molar-refractivity contribution in [1.29, 1.82) is 0 Å². The van der Waals surface area contributed by atoms with Crippen molar-refractivity contribution in [3.63, 3.8) is 0 Å². The molecule has 0 aliphatic carbocycles. The van der Waals surface area contributed by atoms with Crippen molar-refractivity contribution in [2.45, 2.75) is 46.2 Å². The molecule has 0 spiro atoms. The van der Waals surface area contributed by atoms with Crippen molar-refractivity contribution < 1.29 is 9.59 Å². The van der Waals surface area contributed by atoms with Crippen molar-refractivity contribution in [3.05, 3.63) is 0 Å². The van der Waals surface area contributed by atoms with Gasteiger partial charge < -0.3 is 20.4 Å². The maximum absolute atomic E-state index is 12.4. The molecule has 0 aromatic rings. The SMILES string of the molecule is CCNC(=O)CNC(=NC)N1CC(=O)N(C(C)C)C(C)(C)C1. The fourth-order valence-corrected chi connectivity index (χ4v) is 3.06. The summed E-state index contributed by atoms with van der Waals surface area (Å²) in [5.74, 6) is 0.568. The minimum absolute atomic E-state index is 0.0761. The lowest BCUT2D eigenvalue weighted by Crippen LogP contribution is -2.66. The van der Waals surface area contributed by atoms with Crippen molar-refractivity contribution in [2.24, 2.45) is 4.99 Å². The molecule has 0 atom stereocenters. The molecule has 1 fully saturated rings. The molecule has 0 aromatic carbocycles. The molecule has 0 aromatic heterocycles. The van der Waals surface area contributed by atoms with Gasteiger partial charge in [0.15, 0.2) is 5.96 Å². The fraction of sp³-hybridized carbons (Fsp3) is 0.800. The lowest BCUT2D eigenvalue weighted by Gasteiger charge is -2.49. The topological polar surface area (TPSA) is 77.0 Å². The second kappa shape index (κ2) is 7.47. The average molecular weight is 311 g/mol. The number of rotatable bonds is 4. The van der Waals surface area contributed by atoms with Crippen LogP contribution in [0.2, 0.25) is 0 Å². The van der Waals surface area contributed by atoms with E-state index >= 15 is 0 Å². The van der Waals surface area contributed by atoms with Crippen molar-refractivity contribution >= 4 is 17.8 Å². The van der Waals surface area contributed by atoms with Gasteiger partial charge in [-0.15, -0.1) is 0 Å². The van der Waals surface area contributed by atoms with Gasteiger partial charge in [0.05, 0.1) is 18.6 Å². The zero-order valence-electron chi connectivity index (χ0n) is 14.6. The van der Waals surface area contributed by atoms with Gasteiger partial charge in [-0.1, -0.05) is 0 Å². The van der Waals surface area contributed by atoms with E-state index in [-0.39, 0.29) is 36.5 Å². The zero-order chi connectivity index (χ0) is 16.9. The van der Waals surface area contributed by atoms with E-state index in [0.717, 1.165) is 0 Å². The Morgan fingerprint density at radius 2 is 2.00 bits per heavy atom. The second-order valence-electron chi connectivity index (χ2n) is 6.38. The highest BCUT2D eigenvalue weighted by Gasteiger charge is 2.40. The van der Waals surface area contributed by atoms with Gasteiger partial charge in [0.1, 0.15) is 0 Å². The Morgan fingerprint density at radius 3 is 2.45 bits per heavy atom. The van der Waals surface area contributed by atoms with Gasteiger partial charge >= 0.3 is 0 Å². The van der Waals surface area contributed by atoms with E-state index in [1.807, 2.05) is 44.4 Å². The normalized spacial score (nSPS) is 18.7. The third-order valence-electron chi connectivity index (χ3n) is 3.63. The van der Waals surface area contributed by atoms with Crippen LogP contribution in [0.15, 0.2) is 4.99 Å². The number of guanidine groups is 1. The number of likely N-dealkylation sites (N-methyl/N-ethyl adjacent to an activating group) is 1. The number of nitrogens with one attached hydrogen (secondary N) is 2. The third kappa shape index (κ3) is 4.35. The molecule has 0 saturated carbocycles. The number of amides is 2. The van der Waals surface area contributed by atoms with Crippen LogP contribution in [0.25, 0.3) is 0 Å². The summed E-state index contributed by atoms with van der Waals surface area (Å²) in [5.41, 5.74) is -0.285. The maximum atomic E-state index is 12.4. The molecule has 126 valence electrons. The summed E-state index contributed by atoms with van der Waals surface area (Å²) in [6, 6.07) is 0.162. The Hall–Kier alpha value is -1.79. The van der Waals surface area contributed by atoms with Gasteiger partial charge in [0.25, 0.3) is 0 Å². The maximum Gasteiger partial charge on any atom is 0.242 e. The zero-order valence-corrected chi connectivity index (χ0v) is 14.6. The van der Waals surface area contributed by atoms with Crippen LogP contribution in [0.1, 0.15) is 34.6 Å². The standard InChI is InChI=1S/C15H29N5O2/c1-7-17-12(21)8-18-14(16-6)19-9-13(22)20(11(2)3)15(4,5)10-19/h11H,7-10H2,1-6H3,(H,16,18)(H,17,21). The largest absolute Gasteiger partial charge is 0.355 e. The predicted molar refractivity (Wildman–Crippen MR) is 87.7 cm³/mol. The molecular formula is C15H29N5O2. The molecule has 1 rings (SSSR count). The number of hydrogen-bond donors (Lipinski definition) is 2. The predicted octanol–water partition coefficient (Wildman–Crippen LogP) is 0.0291. The third-order valence-corrected chi connectivity index (χ3v) is 3.63. The first kappa shape index (κ1) is 18.3. The van der Waals surface area contributed by atoms with E-state index < -0.39 is 0 Å². The van der Waals surface area contributed by atoms with E-state index in [4.69, 9.17) is 0 Å². The van der Waals surface area contributed by atoms with Crippen LogP contribution in [-0.2, 0) is 9.59 Å². The van der Waals surface area contributed by atoms with E-state index in [9.17, 15) is 9.59 Å². The summed E-state index contributed by atoms with van der Waals surface area (Å²) in [7, 11) is 1.66. The molecule has 22 heavy (non-hydrogen) atoms. The van der Waals surface area contributed by atoms with Crippen LogP contribution in [0.5, 0.6) is 0 Å². The molecule has 2 N–H and O–H groups in total. The first-order valence-corrected chi connectivity index (χ1v) is 7.77. The van der Waals surface area contributed by atoms with Gasteiger partial charge in [-0.2, -0.15) is 0 Å². The first-order chi connectivity index (χ1) is 10.2. The monoisotopic (exact) mass is 311 g/mol. The number of aliphatic imine (C=N–C) groups is 1. The number of carbonyl (C=O) groups excluding carboxylic acids is 2. The highest BCUT2D eigenvalue weighted by molar-refractivity contribution is 5.90. The summed E-state index contributed by atoms with van der Waals surface area (Å²) in [6.45, 7) is 11.7. The molecule has 2 amide bonds. The fourth-order valence-electron chi connectivity index (χ4n) is 3.06. The second-order valence-corrected chi connectivity index (χ2v) is 6.38. The lowest BCUT2D eigenvalue weighted by atomic mass is 9.96. The van der Waals surface area contributed by atoms with Gasteiger partial charge in [-0.3, -0.25) is 14.6 Å². The van der Waals surface area contributed by atoms with Crippen LogP contribution in [0.3, 0.4) is 0 Å². The molecule has 1 aliphatic heterocycles. The van der Waals surface area contributed by atoms with E-state index in [1.165, 1.54) is 0 Å². The van der Waals surface area contributed by atoms with E-state index in [2.05, 4.69) is 15.6 Å². The summed E-state index contributed by atoms with van der Waals surface area (Å²) in [4.78, 5) is 32.0. The highest BCUT2D eigenvalue weighted by Crippen LogP contribution is 2.24. The van der Waals surface area contributed by atoms with Crippen LogP contribution < -0.4 is 10.6 Å². The smallest absolute Gasteiger partial charge is 0.242 e. The summed E-state index contributed by atoms with van der Waals surface area (Å²) >= 11 is 0. The Balaban J connectivity index is 2.76. The number of piperazine rings is 1. The van der Waals surface area contributed by atoms with Crippen LogP contribution in [0.4, 0.5) is 0 Å². The molecule has 7 nitrogen and oxygen atoms in total. The Bertz CT molecular complexity index is 445. The van der Waals surface area contributed by atoms with Crippen LogP contribution in [-0.4, -0.2) is 72.4 Å². The van der Waals surface area contributed by atoms with Crippen LogP contribution in [0, 0.1) is 0 Å². The minimum Gasteiger partial charge on any atom is -0.355 e. The summed E-state index contributed by atoms with van der Waals surface area (Å²) in [6.07, 6.45) is 0. The molecule has 7 heteroatoms. The Morgan fingerprint density at radius 1 is 1.36 bits per heavy atom. The van der Waals surface area contributed by atoms with Gasteiger partial charge in [-0.05, 0) is 34.6 Å². The van der Waals surface area contributed by atoms with E-state index in [1.54, 1.807) is 7.05 Å². The van der Waals surface area contributed by atoms with Gasteiger partial charge in [0.2, 0.25) is 11.8 Å². The average Bonchev–Trinajstić information content (AvgIpc) is 2.37. The minimum atomic E-state index is -0.285. The Kier molecular flexibility index (Phi) is 6.20. The molecule has 0 bridgehead atoms. The quantitative estimate of drug-likeness (QED) is 0.567. The summed E-state index contributed by atoms with van der Waals surface area (Å²) in [5, 5.41) is 5.74. The van der Waals surface area contributed by atoms with Gasteiger partial charge in [-0.25, -0.2) is 0 Å². The molecule has 1 heterocycles. The molecule has 0 radical (unpaired) electrons. The Labute approximate surface area is 133 Å². The molecule has 1 saturated heterocycles. The van der Waals surface area contributed by atoms with Crippen LogP contribution >= 0.6 is 0 Å².